The van der Waals surface area contributed by atoms with Gasteiger partial charge in [0.2, 0.25) is 0 Å². The van der Waals surface area contributed by atoms with Crippen molar-refractivity contribution in [2.45, 2.75) is 6.92 Å². The number of anilines is 1. The number of pyridine rings is 2. The average molecular weight is 289 g/mol. The maximum Gasteiger partial charge on any atom is 0.275 e. The third-order valence-electron chi connectivity index (χ3n) is 3.24. The number of amides is 1. The Morgan fingerprint density at radius 2 is 1.77 bits per heavy atom. The first kappa shape index (κ1) is 13.9. The van der Waals surface area contributed by atoms with Crippen molar-refractivity contribution in [3.05, 3.63) is 78.1 Å². The molecule has 0 saturated carbocycles. The van der Waals surface area contributed by atoms with Crippen LogP contribution < -0.4 is 5.32 Å². The molecule has 0 bridgehead atoms. The van der Waals surface area contributed by atoms with E-state index in [-0.39, 0.29) is 5.91 Å². The molecule has 0 unspecified atom stereocenters. The van der Waals surface area contributed by atoms with Crippen molar-refractivity contribution in [1.82, 2.24) is 9.97 Å². The lowest BCUT2D eigenvalue weighted by Gasteiger charge is -2.06. The highest BCUT2D eigenvalue weighted by molar-refractivity contribution is 6.02. The first-order valence-corrected chi connectivity index (χ1v) is 6.99. The molecule has 0 radical (unpaired) electrons. The number of carbonyl (C=O) groups is 1. The van der Waals surface area contributed by atoms with Gasteiger partial charge in [0.25, 0.3) is 5.91 Å². The van der Waals surface area contributed by atoms with Crippen LogP contribution in [0.2, 0.25) is 0 Å². The Kier molecular flexibility index (Phi) is 3.92. The standard InChI is InChI=1S/C18H15N3O/c1-13-8-10-14(11-9-13)15-6-4-7-17(20-15)21-18(22)16-5-2-3-12-19-16/h2-12H,1H3,(H,20,21,22). The Labute approximate surface area is 128 Å². The third-order valence-corrected chi connectivity index (χ3v) is 3.24. The highest BCUT2D eigenvalue weighted by Crippen LogP contribution is 2.19. The summed E-state index contributed by atoms with van der Waals surface area (Å²) in [7, 11) is 0. The first-order chi connectivity index (χ1) is 10.7. The minimum atomic E-state index is -0.269. The Hall–Kier alpha value is -3.01. The molecule has 0 atom stereocenters. The van der Waals surface area contributed by atoms with E-state index in [4.69, 9.17) is 0 Å². The largest absolute Gasteiger partial charge is 0.305 e. The Morgan fingerprint density at radius 1 is 0.955 bits per heavy atom. The van der Waals surface area contributed by atoms with Gasteiger partial charge in [0, 0.05) is 11.8 Å². The molecule has 0 saturated heterocycles. The van der Waals surface area contributed by atoms with Gasteiger partial charge in [-0.2, -0.15) is 0 Å². The summed E-state index contributed by atoms with van der Waals surface area (Å²) >= 11 is 0. The molecular weight excluding hydrogens is 274 g/mol. The number of rotatable bonds is 3. The van der Waals surface area contributed by atoms with E-state index in [0.717, 1.165) is 11.3 Å². The Balaban J connectivity index is 1.82. The van der Waals surface area contributed by atoms with Gasteiger partial charge in [0.05, 0.1) is 5.69 Å². The summed E-state index contributed by atoms with van der Waals surface area (Å²) in [4.78, 5) is 20.6. The number of aromatic nitrogens is 2. The maximum absolute atomic E-state index is 12.1. The zero-order chi connectivity index (χ0) is 15.4. The number of aryl methyl sites for hydroxylation is 1. The molecule has 0 fully saturated rings. The van der Waals surface area contributed by atoms with Crippen molar-refractivity contribution >= 4 is 11.7 Å². The highest BCUT2D eigenvalue weighted by Gasteiger charge is 2.08. The lowest BCUT2D eigenvalue weighted by Crippen LogP contribution is -2.14. The minimum absolute atomic E-state index is 0.269. The minimum Gasteiger partial charge on any atom is -0.305 e. The highest BCUT2D eigenvalue weighted by atomic mass is 16.1. The average Bonchev–Trinajstić information content (AvgIpc) is 2.56. The summed E-state index contributed by atoms with van der Waals surface area (Å²) in [5.41, 5.74) is 3.40. The van der Waals surface area contributed by atoms with E-state index in [1.54, 1.807) is 30.5 Å². The molecule has 4 nitrogen and oxygen atoms in total. The molecule has 0 spiro atoms. The number of nitrogens with one attached hydrogen (secondary N) is 1. The lowest BCUT2D eigenvalue weighted by atomic mass is 10.1. The summed E-state index contributed by atoms with van der Waals surface area (Å²) < 4.78 is 0. The van der Waals surface area contributed by atoms with Gasteiger partial charge in [-0.15, -0.1) is 0 Å². The summed E-state index contributed by atoms with van der Waals surface area (Å²) in [5, 5.41) is 2.77. The van der Waals surface area contributed by atoms with Gasteiger partial charge in [-0.3, -0.25) is 9.78 Å². The van der Waals surface area contributed by atoms with E-state index >= 15 is 0 Å². The van der Waals surface area contributed by atoms with Crippen LogP contribution in [0.15, 0.2) is 66.9 Å². The molecule has 4 heteroatoms. The molecule has 2 heterocycles. The number of carbonyl (C=O) groups excluding carboxylic acids is 1. The van der Waals surface area contributed by atoms with Crippen LogP contribution in [-0.2, 0) is 0 Å². The predicted molar refractivity (Wildman–Crippen MR) is 86.6 cm³/mol. The van der Waals surface area contributed by atoms with Crippen LogP contribution >= 0.6 is 0 Å². The van der Waals surface area contributed by atoms with Gasteiger partial charge >= 0.3 is 0 Å². The van der Waals surface area contributed by atoms with Crippen molar-refractivity contribution in [3.8, 4) is 11.3 Å². The van der Waals surface area contributed by atoms with Crippen molar-refractivity contribution in [2.24, 2.45) is 0 Å². The fraction of sp³-hybridized carbons (Fsp3) is 0.0556. The van der Waals surface area contributed by atoms with Crippen LogP contribution in [0.1, 0.15) is 16.1 Å². The smallest absolute Gasteiger partial charge is 0.275 e. The van der Waals surface area contributed by atoms with Gasteiger partial charge in [0.15, 0.2) is 0 Å². The van der Waals surface area contributed by atoms with Crippen molar-refractivity contribution in [2.75, 3.05) is 5.32 Å². The number of nitrogens with zero attached hydrogens (tertiary/aromatic N) is 2. The zero-order valence-corrected chi connectivity index (χ0v) is 12.2. The molecule has 0 aliphatic heterocycles. The second-order valence-electron chi connectivity index (χ2n) is 4.94. The normalized spacial score (nSPS) is 10.2. The SMILES string of the molecule is Cc1ccc(-c2cccc(NC(=O)c3ccccn3)n2)cc1. The van der Waals surface area contributed by atoms with Crippen LogP contribution in [0.25, 0.3) is 11.3 Å². The molecule has 22 heavy (non-hydrogen) atoms. The van der Waals surface area contributed by atoms with Crippen molar-refractivity contribution < 1.29 is 4.79 Å². The van der Waals surface area contributed by atoms with Gasteiger partial charge in [-0.1, -0.05) is 42.0 Å². The van der Waals surface area contributed by atoms with E-state index in [9.17, 15) is 4.79 Å². The second-order valence-corrected chi connectivity index (χ2v) is 4.94. The van der Waals surface area contributed by atoms with Crippen LogP contribution in [-0.4, -0.2) is 15.9 Å². The van der Waals surface area contributed by atoms with E-state index < -0.39 is 0 Å². The van der Waals surface area contributed by atoms with E-state index in [2.05, 4.69) is 15.3 Å². The van der Waals surface area contributed by atoms with Crippen molar-refractivity contribution in [1.29, 1.82) is 0 Å². The Morgan fingerprint density at radius 3 is 2.50 bits per heavy atom. The molecule has 3 rings (SSSR count). The first-order valence-electron chi connectivity index (χ1n) is 6.99. The maximum atomic E-state index is 12.1. The second kappa shape index (κ2) is 6.18. The van der Waals surface area contributed by atoms with Gasteiger partial charge < -0.3 is 5.32 Å². The van der Waals surface area contributed by atoms with Gasteiger partial charge in [-0.05, 0) is 31.2 Å². The van der Waals surface area contributed by atoms with E-state index in [0.29, 0.717) is 11.5 Å². The van der Waals surface area contributed by atoms with Crippen LogP contribution in [0.3, 0.4) is 0 Å². The summed E-state index contributed by atoms with van der Waals surface area (Å²) in [5.74, 6) is 0.239. The third kappa shape index (κ3) is 3.17. The number of hydrogen-bond donors (Lipinski definition) is 1. The predicted octanol–water partition coefficient (Wildman–Crippen LogP) is 3.70. The quantitative estimate of drug-likeness (QED) is 0.799. The number of hydrogen-bond acceptors (Lipinski definition) is 3. The molecule has 1 amide bonds. The zero-order valence-electron chi connectivity index (χ0n) is 12.2. The van der Waals surface area contributed by atoms with E-state index in [1.807, 2.05) is 43.3 Å². The van der Waals surface area contributed by atoms with Gasteiger partial charge in [0.1, 0.15) is 11.5 Å². The summed E-state index contributed by atoms with van der Waals surface area (Å²) in [6.07, 6.45) is 1.59. The molecule has 0 aliphatic rings. The fourth-order valence-electron chi connectivity index (χ4n) is 2.07. The molecule has 108 valence electrons. The topological polar surface area (TPSA) is 54.9 Å². The molecule has 2 aromatic heterocycles. The van der Waals surface area contributed by atoms with Crippen molar-refractivity contribution in [3.63, 3.8) is 0 Å². The summed E-state index contributed by atoms with van der Waals surface area (Å²) in [6.45, 7) is 2.04. The Bertz CT molecular complexity index is 783. The molecule has 1 N–H and O–H groups in total. The molecule has 1 aromatic carbocycles. The van der Waals surface area contributed by atoms with Crippen LogP contribution in [0.4, 0.5) is 5.82 Å². The molecule has 3 aromatic rings. The van der Waals surface area contributed by atoms with Crippen LogP contribution in [0, 0.1) is 6.92 Å². The van der Waals surface area contributed by atoms with E-state index in [1.165, 1.54) is 5.56 Å². The number of benzene rings is 1. The van der Waals surface area contributed by atoms with Crippen LogP contribution in [0.5, 0.6) is 0 Å². The monoisotopic (exact) mass is 289 g/mol. The van der Waals surface area contributed by atoms with Gasteiger partial charge in [-0.25, -0.2) is 4.98 Å². The molecular formula is C18H15N3O. The summed E-state index contributed by atoms with van der Waals surface area (Å²) in [6, 6.07) is 18.9. The lowest BCUT2D eigenvalue weighted by molar-refractivity contribution is 0.102. The molecule has 0 aliphatic carbocycles. The fourth-order valence-corrected chi connectivity index (χ4v) is 2.07.